The van der Waals surface area contributed by atoms with Crippen LogP contribution in [0.25, 0.3) is 6.08 Å². The van der Waals surface area contributed by atoms with E-state index in [1.54, 1.807) is 6.92 Å². The fraction of sp³-hybridized carbons (Fsp3) is 0.500. The molecular formula is C26H34ClFN4O5. The van der Waals surface area contributed by atoms with E-state index in [9.17, 15) is 28.4 Å². The third-order valence-electron chi connectivity index (χ3n) is 5.70. The third kappa shape index (κ3) is 9.60. The molecule has 37 heavy (non-hydrogen) atoms. The van der Waals surface area contributed by atoms with Crippen LogP contribution >= 0.6 is 11.6 Å². The lowest BCUT2D eigenvalue weighted by atomic mass is 9.87. The molecule has 0 spiro atoms. The fourth-order valence-corrected chi connectivity index (χ4v) is 4.07. The van der Waals surface area contributed by atoms with Gasteiger partial charge >= 0.3 is 0 Å². The van der Waals surface area contributed by atoms with E-state index in [1.807, 2.05) is 20.8 Å². The minimum Gasteiger partial charge on any atom is -0.356 e. The standard InChI is InChI=1S/C26H34ClFN4O5/c1-5-29-25(37)22(34)19(12-16-10-11-30-23(16)35)32-24(36)20(14-26(2,3)4)31-21(33)9-7-15-6-8-17(27)13-18(15)28/h6-9,13,16,19-20H,5,10-12,14H2,1-4H3,(H,29,37)(H,30,35)(H,31,33)(H,32,36)/b9-7+/t16-,19?,20-/m0/s1. The Morgan fingerprint density at radius 3 is 2.46 bits per heavy atom. The van der Waals surface area contributed by atoms with E-state index < -0.39 is 52.7 Å². The Morgan fingerprint density at radius 1 is 1.19 bits per heavy atom. The number of likely N-dealkylation sites (N-methyl/N-ethyl adjacent to an activating group) is 1. The molecule has 2 rings (SSSR count). The molecule has 0 radical (unpaired) electrons. The molecule has 0 aliphatic carbocycles. The molecule has 1 aliphatic heterocycles. The first-order chi connectivity index (χ1) is 17.3. The van der Waals surface area contributed by atoms with Gasteiger partial charge < -0.3 is 21.3 Å². The van der Waals surface area contributed by atoms with Crippen LogP contribution in [0.15, 0.2) is 24.3 Å². The minimum atomic E-state index is -1.24. The summed E-state index contributed by atoms with van der Waals surface area (Å²) >= 11 is 5.75. The van der Waals surface area contributed by atoms with E-state index in [1.165, 1.54) is 18.2 Å². The summed E-state index contributed by atoms with van der Waals surface area (Å²) in [7, 11) is 0. The molecule has 1 heterocycles. The van der Waals surface area contributed by atoms with Crippen LogP contribution in [0.5, 0.6) is 0 Å². The highest BCUT2D eigenvalue weighted by molar-refractivity contribution is 6.38. The van der Waals surface area contributed by atoms with Crippen LogP contribution in [0.3, 0.4) is 0 Å². The van der Waals surface area contributed by atoms with Gasteiger partial charge in [0.15, 0.2) is 0 Å². The van der Waals surface area contributed by atoms with Crippen molar-refractivity contribution >= 4 is 47.1 Å². The first kappa shape index (κ1) is 30.0. The summed E-state index contributed by atoms with van der Waals surface area (Å²) in [6.07, 6.45) is 2.99. The van der Waals surface area contributed by atoms with Crippen molar-refractivity contribution < 1.29 is 28.4 Å². The Bertz CT molecular complexity index is 1070. The summed E-state index contributed by atoms with van der Waals surface area (Å²) in [5.74, 6) is -4.44. The molecule has 0 aromatic heterocycles. The normalized spacial score (nSPS) is 17.1. The van der Waals surface area contributed by atoms with Crippen LogP contribution in [0, 0.1) is 17.2 Å². The number of nitrogens with one attached hydrogen (secondary N) is 4. The molecular weight excluding hydrogens is 503 g/mol. The second kappa shape index (κ2) is 13.3. The number of carbonyl (C=O) groups excluding carboxylic acids is 5. The molecule has 1 aromatic rings. The Hall–Kier alpha value is -3.27. The zero-order valence-corrected chi connectivity index (χ0v) is 22.2. The first-order valence-corrected chi connectivity index (χ1v) is 12.5. The monoisotopic (exact) mass is 536 g/mol. The van der Waals surface area contributed by atoms with Gasteiger partial charge in [-0.05, 0) is 49.8 Å². The zero-order valence-electron chi connectivity index (χ0n) is 21.5. The van der Waals surface area contributed by atoms with Crippen molar-refractivity contribution in [2.45, 2.75) is 59.0 Å². The molecule has 1 unspecified atom stereocenters. The maximum atomic E-state index is 14.0. The van der Waals surface area contributed by atoms with Gasteiger partial charge in [-0.15, -0.1) is 0 Å². The van der Waals surface area contributed by atoms with E-state index in [0.717, 1.165) is 12.1 Å². The van der Waals surface area contributed by atoms with Gasteiger partial charge in [0.1, 0.15) is 11.9 Å². The predicted octanol–water partition coefficient (Wildman–Crippen LogP) is 2.13. The van der Waals surface area contributed by atoms with Crippen LogP contribution in [0.4, 0.5) is 4.39 Å². The third-order valence-corrected chi connectivity index (χ3v) is 5.94. The number of Topliss-reactive ketones (excluding diaryl/α,β-unsaturated/α-hetero) is 1. The van der Waals surface area contributed by atoms with Gasteiger partial charge in [-0.2, -0.15) is 0 Å². The lowest BCUT2D eigenvalue weighted by molar-refractivity contribution is -0.141. The van der Waals surface area contributed by atoms with Gasteiger partial charge in [0, 0.05) is 35.7 Å². The topological polar surface area (TPSA) is 133 Å². The van der Waals surface area contributed by atoms with E-state index in [-0.39, 0.29) is 35.9 Å². The van der Waals surface area contributed by atoms with Crippen molar-refractivity contribution in [1.29, 1.82) is 0 Å². The van der Waals surface area contributed by atoms with Crippen LogP contribution in [0.2, 0.25) is 5.02 Å². The second-order valence-electron chi connectivity index (χ2n) is 10.1. The van der Waals surface area contributed by atoms with Gasteiger partial charge in [-0.1, -0.05) is 38.4 Å². The summed E-state index contributed by atoms with van der Waals surface area (Å²) in [4.78, 5) is 63.0. The highest BCUT2D eigenvalue weighted by Crippen LogP contribution is 2.22. The highest BCUT2D eigenvalue weighted by Gasteiger charge is 2.36. The van der Waals surface area contributed by atoms with Crippen molar-refractivity contribution in [1.82, 2.24) is 21.3 Å². The first-order valence-electron chi connectivity index (χ1n) is 12.1. The molecule has 1 aliphatic rings. The number of hydrogen-bond acceptors (Lipinski definition) is 5. The molecule has 1 aromatic carbocycles. The van der Waals surface area contributed by atoms with Crippen LogP contribution in [-0.2, 0) is 24.0 Å². The lowest BCUT2D eigenvalue weighted by Crippen LogP contribution is -2.55. The van der Waals surface area contributed by atoms with Crippen LogP contribution < -0.4 is 21.3 Å². The SMILES string of the molecule is CCNC(=O)C(=O)C(C[C@@H]1CCNC1=O)NC(=O)[C@H](CC(C)(C)C)NC(=O)/C=C/c1ccc(Cl)cc1F. The van der Waals surface area contributed by atoms with Crippen molar-refractivity contribution in [3.8, 4) is 0 Å². The lowest BCUT2D eigenvalue weighted by Gasteiger charge is -2.28. The largest absolute Gasteiger partial charge is 0.356 e. The van der Waals surface area contributed by atoms with E-state index in [4.69, 9.17) is 11.6 Å². The van der Waals surface area contributed by atoms with E-state index in [0.29, 0.717) is 13.0 Å². The van der Waals surface area contributed by atoms with Crippen LogP contribution in [0.1, 0.15) is 52.5 Å². The molecule has 9 nitrogen and oxygen atoms in total. The molecule has 4 amide bonds. The summed E-state index contributed by atoms with van der Waals surface area (Å²) in [5, 5.41) is 10.5. The number of carbonyl (C=O) groups is 5. The summed E-state index contributed by atoms with van der Waals surface area (Å²) in [6.45, 7) is 7.94. The molecule has 0 saturated carbocycles. The van der Waals surface area contributed by atoms with Gasteiger partial charge in [0.2, 0.25) is 23.5 Å². The zero-order chi connectivity index (χ0) is 27.8. The average Bonchev–Trinajstić information content (AvgIpc) is 3.20. The number of benzene rings is 1. The summed E-state index contributed by atoms with van der Waals surface area (Å²) in [5.41, 5.74) is -0.259. The van der Waals surface area contributed by atoms with Crippen molar-refractivity contribution in [3.63, 3.8) is 0 Å². The van der Waals surface area contributed by atoms with Crippen molar-refractivity contribution in [2.75, 3.05) is 13.1 Å². The van der Waals surface area contributed by atoms with E-state index in [2.05, 4.69) is 21.3 Å². The van der Waals surface area contributed by atoms with Gasteiger partial charge in [0.25, 0.3) is 5.91 Å². The molecule has 3 atom stereocenters. The average molecular weight is 537 g/mol. The highest BCUT2D eigenvalue weighted by atomic mass is 35.5. The summed E-state index contributed by atoms with van der Waals surface area (Å²) < 4.78 is 14.0. The summed E-state index contributed by atoms with van der Waals surface area (Å²) in [6, 6.07) is 1.71. The van der Waals surface area contributed by atoms with Gasteiger partial charge in [0.05, 0.1) is 6.04 Å². The number of rotatable bonds is 11. The molecule has 1 saturated heterocycles. The predicted molar refractivity (Wildman–Crippen MR) is 138 cm³/mol. The van der Waals surface area contributed by atoms with Crippen molar-refractivity contribution in [2.24, 2.45) is 11.3 Å². The minimum absolute atomic E-state index is 0.0422. The Balaban J connectivity index is 2.20. The van der Waals surface area contributed by atoms with Crippen LogP contribution in [-0.4, -0.2) is 54.6 Å². The van der Waals surface area contributed by atoms with Gasteiger partial charge in [-0.25, -0.2) is 4.39 Å². The van der Waals surface area contributed by atoms with Gasteiger partial charge in [-0.3, -0.25) is 24.0 Å². The quantitative estimate of drug-likeness (QED) is 0.254. The van der Waals surface area contributed by atoms with E-state index >= 15 is 0 Å². The number of hydrogen-bond donors (Lipinski definition) is 4. The maximum absolute atomic E-state index is 14.0. The number of amides is 4. The van der Waals surface area contributed by atoms with Crippen molar-refractivity contribution in [3.05, 3.63) is 40.7 Å². The number of ketones is 1. The Labute approximate surface area is 221 Å². The fourth-order valence-electron chi connectivity index (χ4n) is 3.91. The second-order valence-corrected chi connectivity index (χ2v) is 10.6. The Kier molecular flexibility index (Phi) is 10.8. The molecule has 4 N–H and O–H groups in total. The Morgan fingerprint density at radius 2 is 1.89 bits per heavy atom. The molecule has 202 valence electrons. The number of halogens is 2. The smallest absolute Gasteiger partial charge is 0.289 e. The molecule has 11 heteroatoms. The maximum Gasteiger partial charge on any atom is 0.289 e. The molecule has 1 fully saturated rings. The molecule has 0 bridgehead atoms.